The summed E-state index contributed by atoms with van der Waals surface area (Å²) in [6.45, 7) is 5.26. The zero-order valence-corrected chi connectivity index (χ0v) is 12.7. The molecule has 1 aromatic rings. The van der Waals surface area contributed by atoms with Crippen molar-refractivity contribution in [3.05, 3.63) is 35.9 Å². The molecule has 3 rings (SSSR count). The van der Waals surface area contributed by atoms with Gasteiger partial charge in [-0.25, -0.2) is 0 Å². The molecule has 4 heteroatoms. The number of nitrogens with zero attached hydrogens (tertiary/aromatic N) is 1. The molecule has 1 saturated heterocycles. The van der Waals surface area contributed by atoms with Crippen molar-refractivity contribution in [2.45, 2.75) is 44.3 Å². The zero-order chi connectivity index (χ0) is 14.9. The van der Waals surface area contributed by atoms with E-state index in [1.165, 1.54) is 5.56 Å². The van der Waals surface area contributed by atoms with Crippen molar-refractivity contribution in [1.82, 2.24) is 10.2 Å². The summed E-state index contributed by atoms with van der Waals surface area (Å²) in [6.07, 6.45) is 2.80. The molecule has 1 heterocycles. The molecule has 0 aromatic heterocycles. The summed E-state index contributed by atoms with van der Waals surface area (Å²) in [7, 11) is 0. The van der Waals surface area contributed by atoms with Gasteiger partial charge in [-0.2, -0.15) is 0 Å². The van der Waals surface area contributed by atoms with Crippen LogP contribution < -0.4 is 11.1 Å². The average Bonchev–Trinajstić information content (AvgIpc) is 3.06. The van der Waals surface area contributed by atoms with Crippen LogP contribution in [0.3, 0.4) is 0 Å². The first kappa shape index (κ1) is 14.5. The Morgan fingerprint density at radius 2 is 2.14 bits per heavy atom. The third-order valence-electron chi connectivity index (χ3n) is 4.86. The lowest BCUT2D eigenvalue weighted by Crippen LogP contribution is -2.48. The number of amides is 1. The molecule has 1 amide bonds. The molecule has 2 atom stereocenters. The van der Waals surface area contributed by atoms with E-state index < -0.39 is 5.54 Å². The minimum absolute atomic E-state index is 0.0384. The van der Waals surface area contributed by atoms with Crippen LogP contribution in [0, 0.1) is 5.92 Å². The van der Waals surface area contributed by atoms with Crippen LogP contribution in [0.15, 0.2) is 30.3 Å². The summed E-state index contributed by atoms with van der Waals surface area (Å²) in [4.78, 5) is 14.5. The standard InChI is InChI=1S/C17H25N3O/c1-13(19-16(21)17(18)8-9-17)15-7-10-20(12-15)11-14-5-3-2-4-6-14/h2-6,13,15H,7-12,18H2,1H3,(H,19,21). The number of benzene rings is 1. The van der Waals surface area contributed by atoms with E-state index in [-0.39, 0.29) is 11.9 Å². The fourth-order valence-corrected chi connectivity index (χ4v) is 3.09. The van der Waals surface area contributed by atoms with E-state index in [2.05, 4.69) is 47.5 Å². The highest BCUT2D eigenvalue weighted by Crippen LogP contribution is 2.32. The van der Waals surface area contributed by atoms with E-state index in [4.69, 9.17) is 5.73 Å². The predicted octanol–water partition coefficient (Wildman–Crippen LogP) is 1.50. The number of nitrogens with one attached hydrogen (secondary N) is 1. The number of hydrogen-bond acceptors (Lipinski definition) is 3. The fraction of sp³-hybridized carbons (Fsp3) is 0.588. The summed E-state index contributed by atoms with van der Waals surface area (Å²) < 4.78 is 0. The van der Waals surface area contributed by atoms with Gasteiger partial charge in [0.2, 0.25) is 5.91 Å². The number of hydrogen-bond donors (Lipinski definition) is 2. The van der Waals surface area contributed by atoms with Gasteiger partial charge in [0.25, 0.3) is 0 Å². The van der Waals surface area contributed by atoms with Crippen LogP contribution in [-0.2, 0) is 11.3 Å². The third-order valence-corrected chi connectivity index (χ3v) is 4.86. The Bertz CT molecular complexity index is 498. The lowest BCUT2D eigenvalue weighted by Gasteiger charge is -2.23. The molecule has 2 aliphatic rings. The average molecular weight is 287 g/mol. The SMILES string of the molecule is CC(NC(=O)C1(N)CC1)C1CCN(Cc2ccccc2)C1. The van der Waals surface area contributed by atoms with Crippen LogP contribution >= 0.6 is 0 Å². The first-order chi connectivity index (χ1) is 10.1. The Labute approximate surface area is 126 Å². The maximum Gasteiger partial charge on any atom is 0.240 e. The summed E-state index contributed by atoms with van der Waals surface area (Å²) >= 11 is 0. The molecule has 2 fully saturated rings. The monoisotopic (exact) mass is 287 g/mol. The van der Waals surface area contributed by atoms with Gasteiger partial charge in [-0.05, 0) is 44.2 Å². The zero-order valence-electron chi connectivity index (χ0n) is 12.7. The molecular formula is C17H25N3O. The van der Waals surface area contributed by atoms with Crippen LogP contribution in [0.25, 0.3) is 0 Å². The normalized spacial score (nSPS) is 25.5. The number of rotatable bonds is 5. The molecule has 0 radical (unpaired) electrons. The molecule has 1 aliphatic carbocycles. The van der Waals surface area contributed by atoms with E-state index in [1.807, 2.05) is 0 Å². The largest absolute Gasteiger partial charge is 0.352 e. The highest BCUT2D eigenvalue weighted by molar-refractivity contribution is 5.89. The summed E-state index contributed by atoms with van der Waals surface area (Å²) in [5, 5.41) is 3.12. The minimum atomic E-state index is -0.559. The maximum absolute atomic E-state index is 12.0. The van der Waals surface area contributed by atoms with Gasteiger partial charge in [0.15, 0.2) is 0 Å². The Morgan fingerprint density at radius 3 is 2.81 bits per heavy atom. The number of likely N-dealkylation sites (tertiary alicyclic amines) is 1. The summed E-state index contributed by atoms with van der Waals surface area (Å²) in [6, 6.07) is 10.8. The Kier molecular flexibility index (Phi) is 4.00. The van der Waals surface area contributed by atoms with Crippen molar-refractivity contribution in [2.75, 3.05) is 13.1 Å². The van der Waals surface area contributed by atoms with Crippen LogP contribution in [0.2, 0.25) is 0 Å². The summed E-state index contributed by atoms with van der Waals surface area (Å²) in [5.41, 5.74) is 6.74. The first-order valence-corrected chi connectivity index (χ1v) is 7.93. The Balaban J connectivity index is 1.48. The second-order valence-electron chi connectivity index (χ2n) is 6.69. The van der Waals surface area contributed by atoms with Gasteiger partial charge >= 0.3 is 0 Å². The van der Waals surface area contributed by atoms with Gasteiger partial charge in [0.05, 0.1) is 5.54 Å². The van der Waals surface area contributed by atoms with E-state index in [0.29, 0.717) is 5.92 Å². The van der Waals surface area contributed by atoms with Crippen LogP contribution in [-0.4, -0.2) is 35.5 Å². The quantitative estimate of drug-likeness (QED) is 0.863. The highest BCUT2D eigenvalue weighted by atomic mass is 16.2. The molecule has 2 unspecified atom stereocenters. The van der Waals surface area contributed by atoms with Gasteiger partial charge in [-0.1, -0.05) is 30.3 Å². The smallest absolute Gasteiger partial charge is 0.240 e. The van der Waals surface area contributed by atoms with Crippen LogP contribution in [0.4, 0.5) is 0 Å². The molecule has 1 aromatic carbocycles. The molecule has 0 bridgehead atoms. The second kappa shape index (κ2) is 5.78. The minimum Gasteiger partial charge on any atom is -0.352 e. The second-order valence-corrected chi connectivity index (χ2v) is 6.69. The van der Waals surface area contributed by atoms with Gasteiger partial charge in [0, 0.05) is 19.1 Å². The Morgan fingerprint density at radius 1 is 1.43 bits per heavy atom. The van der Waals surface area contributed by atoms with Gasteiger partial charge in [0.1, 0.15) is 0 Å². The number of nitrogens with two attached hydrogens (primary N) is 1. The van der Waals surface area contributed by atoms with Crippen molar-refractivity contribution >= 4 is 5.91 Å². The topological polar surface area (TPSA) is 58.4 Å². The molecule has 21 heavy (non-hydrogen) atoms. The molecule has 114 valence electrons. The van der Waals surface area contributed by atoms with E-state index in [9.17, 15) is 4.79 Å². The highest BCUT2D eigenvalue weighted by Gasteiger charge is 2.46. The van der Waals surface area contributed by atoms with Gasteiger partial charge in [-0.15, -0.1) is 0 Å². The van der Waals surface area contributed by atoms with E-state index >= 15 is 0 Å². The molecule has 4 nitrogen and oxygen atoms in total. The Hall–Kier alpha value is -1.39. The van der Waals surface area contributed by atoms with Crippen molar-refractivity contribution in [3.8, 4) is 0 Å². The predicted molar refractivity (Wildman–Crippen MR) is 83.6 cm³/mol. The van der Waals surface area contributed by atoms with Crippen molar-refractivity contribution in [1.29, 1.82) is 0 Å². The van der Waals surface area contributed by atoms with Crippen LogP contribution in [0.5, 0.6) is 0 Å². The lowest BCUT2D eigenvalue weighted by molar-refractivity contribution is -0.124. The van der Waals surface area contributed by atoms with E-state index in [0.717, 1.165) is 38.9 Å². The van der Waals surface area contributed by atoms with Gasteiger partial charge in [-0.3, -0.25) is 9.69 Å². The third kappa shape index (κ3) is 3.44. The molecule has 1 aliphatic heterocycles. The number of carbonyl (C=O) groups excluding carboxylic acids is 1. The summed E-state index contributed by atoms with van der Waals surface area (Å²) in [5.74, 6) is 0.566. The molecule has 0 spiro atoms. The van der Waals surface area contributed by atoms with Crippen molar-refractivity contribution in [3.63, 3.8) is 0 Å². The van der Waals surface area contributed by atoms with Crippen molar-refractivity contribution < 1.29 is 4.79 Å². The molecule has 1 saturated carbocycles. The maximum atomic E-state index is 12.0. The van der Waals surface area contributed by atoms with Gasteiger partial charge < -0.3 is 11.1 Å². The van der Waals surface area contributed by atoms with Crippen LogP contribution in [0.1, 0.15) is 31.7 Å². The lowest BCUT2D eigenvalue weighted by atomic mass is 10.00. The number of carbonyl (C=O) groups is 1. The fourth-order valence-electron chi connectivity index (χ4n) is 3.09. The molecular weight excluding hydrogens is 262 g/mol. The van der Waals surface area contributed by atoms with E-state index in [1.54, 1.807) is 0 Å². The first-order valence-electron chi connectivity index (χ1n) is 7.93. The van der Waals surface area contributed by atoms with Crippen molar-refractivity contribution in [2.24, 2.45) is 11.7 Å². The molecule has 3 N–H and O–H groups in total.